The zero-order valence-electron chi connectivity index (χ0n) is 9.48. The summed E-state index contributed by atoms with van der Waals surface area (Å²) in [5.74, 6) is 0. The van der Waals surface area contributed by atoms with Crippen LogP contribution < -0.4 is 5.32 Å². The third-order valence-electron chi connectivity index (χ3n) is 3.31. The van der Waals surface area contributed by atoms with Gasteiger partial charge >= 0.3 is 0 Å². The summed E-state index contributed by atoms with van der Waals surface area (Å²) in [5, 5.41) is 3.33. The molecule has 1 N–H and O–H groups in total. The Kier molecular flexibility index (Phi) is 2.67. The number of aryl methyl sites for hydroxylation is 1. The van der Waals surface area contributed by atoms with E-state index in [-0.39, 0.29) is 18.5 Å². The van der Waals surface area contributed by atoms with E-state index in [1.165, 1.54) is 5.56 Å². The van der Waals surface area contributed by atoms with E-state index in [4.69, 9.17) is 9.47 Å². The molecule has 2 aliphatic rings. The minimum absolute atomic E-state index is 0.171. The molecular formula is C13H17NO2. The minimum Gasteiger partial charge on any atom is -0.342 e. The quantitative estimate of drug-likeness (QED) is 0.781. The molecule has 3 nitrogen and oxygen atoms in total. The molecule has 0 aliphatic carbocycles. The largest absolute Gasteiger partial charge is 0.342 e. The highest BCUT2D eigenvalue weighted by molar-refractivity contribution is 5.22. The number of fused-ring (bicyclic) bond motifs is 1. The van der Waals surface area contributed by atoms with E-state index in [1.807, 2.05) is 0 Å². The second-order valence-electron chi connectivity index (χ2n) is 4.58. The maximum atomic E-state index is 5.93. The Balaban J connectivity index is 1.75. The van der Waals surface area contributed by atoms with Crippen molar-refractivity contribution >= 4 is 0 Å². The topological polar surface area (TPSA) is 30.5 Å². The molecule has 1 aromatic rings. The van der Waals surface area contributed by atoms with E-state index in [2.05, 4.69) is 36.5 Å². The van der Waals surface area contributed by atoms with Gasteiger partial charge in [-0.25, -0.2) is 0 Å². The molecule has 3 atom stereocenters. The fraction of sp³-hybridized carbons (Fsp3) is 0.538. The lowest BCUT2D eigenvalue weighted by Crippen LogP contribution is -2.41. The van der Waals surface area contributed by atoms with Crippen molar-refractivity contribution in [3.05, 3.63) is 35.4 Å². The van der Waals surface area contributed by atoms with E-state index < -0.39 is 0 Å². The molecule has 3 heteroatoms. The summed E-state index contributed by atoms with van der Waals surface area (Å²) in [6, 6.07) is 8.38. The van der Waals surface area contributed by atoms with Crippen LogP contribution in [0.1, 0.15) is 23.8 Å². The van der Waals surface area contributed by atoms with E-state index in [9.17, 15) is 0 Å². The number of rotatable bonds is 1. The van der Waals surface area contributed by atoms with Gasteiger partial charge in [-0.1, -0.05) is 29.8 Å². The highest BCUT2D eigenvalue weighted by Gasteiger charge is 2.38. The van der Waals surface area contributed by atoms with Crippen LogP contribution >= 0.6 is 0 Å². The van der Waals surface area contributed by atoms with Crippen molar-refractivity contribution < 1.29 is 9.47 Å². The van der Waals surface area contributed by atoms with Crippen LogP contribution in [0.3, 0.4) is 0 Å². The maximum absolute atomic E-state index is 5.93. The van der Waals surface area contributed by atoms with Gasteiger partial charge < -0.3 is 14.8 Å². The van der Waals surface area contributed by atoms with Crippen LogP contribution in [-0.2, 0) is 9.47 Å². The van der Waals surface area contributed by atoms with Gasteiger partial charge in [0.1, 0.15) is 0 Å². The molecule has 0 amide bonds. The molecule has 0 spiro atoms. The summed E-state index contributed by atoms with van der Waals surface area (Å²) in [6.07, 6.45) is 1.37. The van der Waals surface area contributed by atoms with E-state index in [1.54, 1.807) is 0 Å². The van der Waals surface area contributed by atoms with Crippen LogP contribution in [0.15, 0.2) is 24.3 Å². The summed E-state index contributed by atoms with van der Waals surface area (Å²) in [5.41, 5.74) is 2.39. The Labute approximate surface area is 95.8 Å². The summed E-state index contributed by atoms with van der Waals surface area (Å²) < 4.78 is 11.8. The van der Waals surface area contributed by atoms with Gasteiger partial charge in [-0.05, 0) is 19.9 Å². The first-order chi connectivity index (χ1) is 7.83. The predicted octanol–water partition coefficient (Wildman–Crippen LogP) is 1.77. The van der Waals surface area contributed by atoms with E-state index >= 15 is 0 Å². The van der Waals surface area contributed by atoms with Gasteiger partial charge in [0, 0.05) is 12.1 Å². The molecule has 2 heterocycles. The standard InChI is InChI=1S/C13H17NO2/c1-9-2-4-10(5-3-9)13-15-11-6-7-14-8-12(11)16-13/h2-5,11-14H,6-8H2,1H3. The molecular weight excluding hydrogens is 202 g/mol. The molecule has 3 unspecified atom stereocenters. The normalized spacial score (nSPS) is 33.7. The first-order valence-electron chi connectivity index (χ1n) is 5.91. The lowest BCUT2D eigenvalue weighted by molar-refractivity contribution is -0.0668. The number of nitrogens with one attached hydrogen (secondary N) is 1. The van der Waals surface area contributed by atoms with Gasteiger partial charge in [-0.2, -0.15) is 0 Å². The van der Waals surface area contributed by atoms with Crippen LogP contribution in [0.25, 0.3) is 0 Å². The summed E-state index contributed by atoms with van der Waals surface area (Å²) in [4.78, 5) is 0. The third-order valence-corrected chi connectivity index (χ3v) is 3.31. The van der Waals surface area contributed by atoms with Crippen LogP contribution in [-0.4, -0.2) is 25.3 Å². The fourth-order valence-corrected chi connectivity index (χ4v) is 2.33. The molecule has 0 bridgehead atoms. The van der Waals surface area contributed by atoms with E-state index in [0.29, 0.717) is 0 Å². The lowest BCUT2D eigenvalue weighted by atomic mass is 10.1. The number of ether oxygens (including phenoxy) is 2. The number of piperidine rings is 1. The molecule has 0 saturated carbocycles. The number of benzene rings is 1. The van der Waals surface area contributed by atoms with Crippen LogP contribution in [0, 0.1) is 6.92 Å². The lowest BCUT2D eigenvalue weighted by Gasteiger charge is -2.22. The van der Waals surface area contributed by atoms with Crippen molar-refractivity contribution in [1.82, 2.24) is 5.32 Å². The highest BCUT2D eigenvalue weighted by Crippen LogP contribution is 2.33. The Morgan fingerprint density at radius 2 is 1.88 bits per heavy atom. The van der Waals surface area contributed by atoms with Crippen molar-refractivity contribution in [2.45, 2.75) is 31.8 Å². The van der Waals surface area contributed by atoms with Gasteiger partial charge in [0.2, 0.25) is 0 Å². The first-order valence-corrected chi connectivity index (χ1v) is 5.91. The average molecular weight is 219 g/mol. The molecule has 2 saturated heterocycles. The zero-order valence-corrected chi connectivity index (χ0v) is 9.48. The average Bonchev–Trinajstić information content (AvgIpc) is 2.73. The minimum atomic E-state index is -0.171. The van der Waals surface area contributed by atoms with Crippen molar-refractivity contribution in [1.29, 1.82) is 0 Å². The Bertz CT molecular complexity index is 349. The molecule has 16 heavy (non-hydrogen) atoms. The summed E-state index contributed by atoms with van der Waals surface area (Å²) in [6.45, 7) is 4.03. The molecule has 0 aromatic heterocycles. The van der Waals surface area contributed by atoms with E-state index in [0.717, 1.165) is 25.1 Å². The smallest absolute Gasteiger partial charge is 0.184 e. The second kappa shape index (κ2) is 4.17. The molecule has 3 rings (SSSR count). The number of hydrogen-bond acceptors (Lipinski definition) is 3. The van der Waals surface area contributed by atoms with Crippen molar-refractivity contribution in [2.75, 3.05) is 13.1 Å². The summed E-state index contributed by atoms with van der Waals surface area (Å²) >= 11 is 0. The van der Waals surface area contributed by atoms with Crippen molar-refractivity contribution in [3.8, 4) is 0 Å². The SMILES string of the molecule is Cc1ccc(C2OC3CCNCC3O2)cc1. The molecule has 86 valence electrons. The van der Waals surface area contributed by atoms with Crippen molar-refractivity contribution in [2.24, 2.45) is 0 Å². The van der Waals surface area contributed by atoms with Gasteiger partial charge in [-0.15, -0.1) is 0 Å². The monoisotopic (exact) mass is 219 g/mol. The molecule has 2 fully saturated rings. The molecule has 0 radical (unpaired) electrons. The van der Waals surface area contributed by atoms with Gasteiger partial charge in [-0.3, -0.25) is 0 Å². The van der Waals surface area contributed by atoms with Gasteiger partial charge in [0.25, 0.3) is 0 Å². The van der Waals surface area contributed by atoms with Crippen LogP contribution in [0.2, 0.25) is 0 Å². The molecule has 1 aromatic carbocycles. The maximum Gasteiger partial charge on any atom is 0.184 e. The Morgan fingerprint density at radius 3 is 2.62 bits per heavy atom. The summed E-state index contributed by atoms with van der Waals surface area (Å²) in [7, 11) is 0. The predicted molar refractivity (Wildman–Crippen MR) is 61.2 cm³/mol. The van der Waals surface area contributed by atoms with Crippen LogP contribution in [0.5, 0.6) is 0 Å². The Hall–Kier alpha value is -0.900. The fourth-order valence-electron chi connectivity index (χ4n) is 2.33. The highest BCUT2D eigenvalue weighted by atomic mass is 16.7. The van der Waals surface area contributed by atoms with Gasteiger partial charge in [0.05, 0.1) is 12.2 Å². The molecule has 2 aliphatic heterocycles. The first kappa shape index (κ1) is 10.3. The van der Waals surface area contributed by atoms with Crippen LogP contribution in [0.4, 0.5) is 0 Å². The van der Waals surface area contributed by atoms with Crippen molar-refractivity contribution in [3.63, 3.8) is 0 Å². The number of hydrogen-bond donors (Lipinski definition) is 1. The zero-order chi connectivity index (χ0) is 11.0. The third kappa shape index (κ3) is 1.86. The second-order valence-corrected chi connectivity index (χ2v) is 4.58. The Morgan fingerprint density at radius 1 is 1.12 bits per heavy atom. The van der Waals surface area contributed by atoms with Gasteiger partial charge in [0.15, 0.2) is 6.29 Å².